The molecule has 3 nitrogen and oxygen atoms in total. The molecule has 2 rings (SSSR count). The van der Waals surface area contributed by atoms with Crippen LogP contribution >= 0.6 is 0 Å². The van der Waals surface area contributed by atoms with E-state index in [9.17, 15) is 0 Å². The van der Waals surface area contributed by atoms with Crippen LogP contribution in [0.3, 0.4) is 0 Å². The van der Waals surface area contributed by atoms with E-state index in [-0.39, 0.29) is 0 Å². The second-order valence-electron chi connectivity index (χ2n) is 3.23. The highest BCUT2D eigenvalue weighted by atomic mass is 15.1. The first-order valence-corrected chi connectivity index (χ1v) is 4.52. The van der Waals surface area contributed by atoms with Gasteiger partial charge < -0.3 is 10.6 Å². The van der Waals surface area contributed by atoms with Gasteiger partial charge in [0.25, 0.3) is 0 Å². The third-order valence-corrected chi connectivity index (χ3v) is 2.36. The summed E-state index contributed by atoms with van der Waals surface area (Å²) in [5.74, 6) is 0. The van der Waals surface area contributed by atoms with Gasteiger partial charge in [-0.2, -0.15) is 0 Å². The van der Waals surface area contributed by atoms with Crippen molar-refractivity contribution in [3.05, 3.63) is 30.1 Å². The number of aromatic nitrogens is 1. The van der Waals surface area contributed by atoms with Gasteiger partial charge in [-0.15, -0.1) is 0 Å². The van der Waals surface area contributed by atoms with E-state index in [1.807, 2.05) is 18.5 Å². The summed E-state index contributed by atoms with van der Waals surface area (Å²) in [5.41, 5.74) is 1.36. The lowest BCUT2D eigenvalue weighted by Gasteiger charge is -2.18. The average Bonchev–Trinajstić information content (AvgIpc) is 2.21. The van der Waals surface area contributed by atoms with Crippen LogP contribution in [0.1, 0.15) is 11.6 Å². The third-order valence-electron chi connectivity index (χ3n) is 2.36. The molecular weight excluding hydrogens is 150 g/mol. The standard InChI is InChI=1S/C9H13N3/c1-2-8(6-10-3-1)9-7-11-4-5-12-9/h1-3,6,9,11-12H,4-5,7H2/p+2/t9-/m1/s1. The topological polar surface area (TPSA) is 46.1 Å². The Hall–Kier alpha value is -0.930. The molecular formula is C9H15N3+2. The Labute approximate surface area is 72.2 Å². The Balaban J connectivity index is 2.08. The van der Waals surface area contributed by atoms with E-state index in [0.29, 0.717) is 6.04 Å². The number of pyridine rings is 1. The molecule has 1 atom stereocenters. The monoisotopic (exact) mass is 165 g/mol. The summed E-state index contributed by atoms with van der Waals surface area (Å²) in [7, 11) is 0. The first-order chi connectivity index (χ1) is 5.97. The van der Waals surface area contributed by atoms with Crippen LogP contribution in [0.2, 0.25) is 0 Å². The van der Waals surface area contributed by atoms with Crippen LogP contribution in [0.15, 0.2) is 24.5 Å². The molecule has 4 N–H and O–H groups in total. The molecule has 3 heteroatoms. The number of quaternary nitrogens is 2. The zero-order chi connectivity index (χ0) is 8.23. The van der Waals surface area contributed by atoms with Crippen molar-refractivity contribution in [2.24, 2.45) is 0 Å². The highest BCUT2D eigenvalue weighted by Gasteiger charge is 2.20. The number of hydrogen-bond acceptors (Lipinski definition) is 1. The first kappa shape index (κ1) is 7.71. The van der Waals surface area contributed by atoms with Crippen molar-refractivity contribution in [1.29, 1.82) is 0 Å². The second-order valence-corrected chi connectivity index (χ2v) is 3.23. The highest BCUT2D eigenvalue weighted by Crippen LogP contribution is 2.03. The Bertz CT molecular complexity index is 229. The van der Waals surface area contributed by atoms with Gasteiger partial charge in [0.05, 0.1) is 0 Å². The largest absolute Gasteiger partial charge is 0.336 e. The molecule has 1 aromatic rings. The molecule has 1 aromatic heterocycles. The predicted octanol–water partition coefficient (Wildman–Crippen LogP) is -1.74. The van der Waals surface area contributed by atoms with Gasteiger partial charge >= 0.3 is 0 Å². The van der Waals surface area contributed by atoms with Crippen LogP contribution in [0.5, 0.6) is 0 Å². The summed E-state index contributed by atoms with van der Waals surface area (Å²) in [4.78, 5) is 4.13. The number of piperazine rings is 1. The van der Waals surface area contributed by atoms with Gasteiger partial charge in [0, 0.05) is 18.0 Å². The number of nitrogens with zero attached hydrogens (tertiary/aromatic N) is 1. The van der Waals surface area contributed by atoms with Crippen molar-refractivity contribution in [1.82, 2.24) is 4.98 Å². The van der Waals surface area contributed by atoms with Crippen LogP contribution < -0.4 is 10.6 Å². The molecule has 0 aromatic carbocycles. The smallest absolute Gasteiger partial charge is 0.163 e. The molecule has 1 aliphatic rings. The molecule has 1 saturated heterocycles. The molecule has 0 amide bonds. The van der Waals surface area contributed by atoms with Crippen molar-refractivity contribution in [2.45, 2.75) is 6.04 Å². The molecule has 0 saturated carbocycles. The summed E-state index contributed by atoms with van der Waals surface area (Å²) in [5, 5.41) is 4.77. The van der Waals surface area contributed by atoms with Crippen LogP contribution in [-0.4, -0.2) is 24.6 Å². The van der Waals surface area contributed by atoms with E-state index in [1.54, 1.807) is 0 Å². The maximum absolute atomic E-state index is 4.13. The SMILES string of the molecule is c1cncc([C@H]2C[NH2+]CC[NH2+]2)c1. The zero-order valence-corrected chi connectivity index (χ0v) is 7.11. The summed E-state index contributed by atoms with van der Waals surface area (Å²) < 4.78 is 0. The van der Waals surface area contributed by atoms with Crippen molar-refractivity contribution < 1.29 is 10.6 Å². The molecule has 0 bridgehead atoms. The van der Waals surface area contributed by atoms with Gasteiger partial charge in [-0.3, -0.25) is 4.98 Å². The van der Waals surface area contributed by atoms with Gasteiger partial charge in [0.2, 0.25) is 0 Å². The van der Waals surface area contributed by atoms with E-state index in [0.717, 1.165) is 0 Å². The molecule has 64 valence electrons. The molecule has 0 spiro atoms. The molecule has 1 aliphatic heterocycles. The quantitative estimate of drug-likeness (QED) is 0.510. The fourth-order valence-corrected chi connectivity index (χ4v) is 1.68. The van der Waals surface area contributed by atoms with Crippen LogP contribution in [0.25, 0.3) is 0 Å². The number of nitrogens with two attached hydrogens (primary N) is 2. The Kier molecular flexibility index (Phi) is 2.34. The maximum Gasteiger partial charge on any atom is 0.163 e. The Morgan fingerprint density at radius 3 is 3.08 bits per heavy atom. The normalized spacial score (nSPS) is 23.8. The summed E-state index contributed by atoms with van der Waals surface area (Å²) in [6, 6.07) is 4.79. The fourth-order valence-electron chi connectivity index (χ4n) is 1.68. The molecule has 0 aliphatic carbocycles. The summed E-state index contributed by atoms with van der Waals surface area (Å²) in [6.07, 6.45) is 3.80. The summed E-state index contributed by atoms with van der Waals surface area (Å²) >= 11 is 0. The van der Waals surface area contributed by atoms with Crippen molar-refractivity contribution >= 4 is 0 Å². The van der Waals surface area contributed by atoms with Crippen LogP contribution in [-0.2, 0) is 0 Å². The van der Waals surface area contributed by atoms with E-state index >= 15 is 0 Å². The molecule has 1 fully saturated rings. The van der Waals surface area contributed by atoms with Gasteiger partial charge in [-0.25, -0.2) is 0 Å². The number of hydrogen-bond donors (Lipinski definition) is 2. The molecule has 0 unspecified atom stereocenters. The van der Waals surface area contributed by atoms with Gasteiger partial charge in [0.1, 0.15) is 19.6 Å². The van der Waals surface area contributed by atoms with Crippen LogP contribution in [0.4, 0.5) is 0 Å². The van der Waals surface area contributed by atoms with E-state index in [2.05, 4.69) is 21.7 Å². The summed E-state index contributed by atoms with van der Waals surface area (Å²) in [6.45, 7) is 3.65. The maximum atomic E-state index is 4.13. The van der Waals surface area contributed by atoms with Crippen molar-refractivity contribution in [2.75, 3.05) is 19.6 Å². The minimum absolute atomic E-state index is 0.618. The molecule has 0 radical (unpaired) electrons. The van der Waals surface area contributed by atoms with Crippen molar-refractivity contribution in [3.63, 3.8) is 0 Å². The van der Waals surface area contributed by atoms with Gasteiger partial charge in [-0.05, 0) is 12.1 Å². The minimum Gasteiger partial charge on any atom is -0.336 e. The lowest BCUT2D eigenvalue weighted by molar-refractivity contribution is -0.816. The Morgan fingerprint density at radius 1 is 1.42 bits per heavy atom. The van der Waals surface area contributed by atoms with Crippen LogP contribution in [0, 0.1) is 0 Å². The van der Waals surface area contributed by atoms with E-state index < -0.39 is 0 Å². The zero-order valence-electron chi connectivity index (χ0n) is 7.11. The highest BCUT2D eigenvalue weighted by molar-refractivity contribution is 5.11. The molecule has 2 heterocycles. The second kappa shape index (κ2) is 3.65. The van der Waals surface area contributed by atoms with E-state index in [1.165, 1.54) is 25.2 Å². The fraction of sp³-hybridized carbons (Fsp3) is 0.444. The van der Waals surface area contributed by atoms with Gasteiger partial charge in [-0.1, -0.05) is 0 Å². The Morgan fingerprint density at radius 2 is 2.42 bits per heavy atom. The predicted molar refractivity (Wildman–Crippen MR) is 45.4 cm³/mol. The van der Waals surface area contributed by atoms with Crippen molar-refractivity contribution in [3.8, 4) is 0 Å². The van der Waals surface area contributed by atoms with Gasteiger partial charge in [0.15, 0.2) is 6.04 Å². The molecule has 12 heavy (non-hydrogen) atoms. The van der Waals surface area contributed by atoms with E-state index in [4.69, 9.17) is 0 Å². The first-order valence-electron chi connectivity index (χ1n) is 4.52. The lowest BCUT2D eigenvalue weighted by Crippen LogP contribution is -3.04. The lowest BCUT2D eigenvalue weighted by atomic mass is 10.1. The minimum atomic E-state index is 0.618. The average molecular weight is 165 g/mol. The number of rotatable bonds is 1. The third kappa shape index (κ3) is 1.62.